The van der Waals surface area contributed by atoms with Crippen molar-refractivity contribution in [3.8, 4) is 5.75 Å². The van der Waals surface area contributed by atoms with Gasteiger partial charge in [0.15, 0.2) is 0 Å². The summed E-state index contributed by atoms with van der Waals surface area (Å²) in [6.07, 6.45) is 0. The number of hydrogen-bond acceptors (Lipinski definition) is 3. The van der Waals surface area contributed by atoms with E-state index in [1.165, 1.54) is 14.0 Å². The number of hydrogen-bond donors (Lipinski definition) is 0. The molecule has 0 bridgehead atoms. The van der Waals surface area contributed by atoms with Gasteiger partial charge < -0.3 is 9.47 Å². The summed E-state index contributed by atoms with van der Waals surface area (Å²) < 4.78 is 24.3. The number of rotatable bonds is 4. The largest absolute Gasteiger partial charge is 0.496 e. The number of methoxy groups -OCH3 is 1. The molecule has 0 amide bonds. The number of halogens is 1. The first-order chi connectivity index (χ1) is 7.95. The molecule has 1 aromatic rings. The molecule has 0 saturated heterocycles. The first kappa shape index (κ1) is 13.5. The van der Waals surface area contributed by atoms with Gasteiger partial charge in [-0.3, -0.25) is 0 Å². The Bertz CT molecular complexity index is 413. The fraction of sp³-hybridized carbons (Fsp3) is 0.462. The van der Waals surface area contributed by atoms with E-state index in [-0.39, 0.29) is 12.2 Å². The molecule has 0 aliphatic carbocycles. The summed E-state index contributed by atoms with van der Waals surface area (Å²) in [5.41, 5.74) is -1.28. The molecule has 0 heterocycles. The number of esters is 1. The second kappa shape index (κ2) is 5.17. The number of carbonyl (C=O) groups is 1. The zero-order valence-corrected chi connectivity index (χ0v) is 10.5. The standard InChI is InChI=1S/C13H17FO3/c1-5-17-12(15)13(3,14)10-7-6-8-11(16-4)9(10)2/h6-8H,5H2,1-4H3. The van der Waals surface area contributed by atoms with Gasteiger partial charge in [-0.1, -0.05) is 12.1 Å². The average Bonchev–Trinajstić information content (AvgIpc) is 2.29. The predicted molar refractivity (Wildman–Crippen MR) is 62.8 cm³/mol. The van der Waals surface area contributed by atoms with Crippen molar-refractivity contribution in [1.29, 1.82) is 0 Å². The van der Waals surface area contributed by atoms with Crippen LogP contribution in [0.3, 0.4) is 0 Å². The van der Waals surface area contributed by atoms with Crippen LogP contribution in [-0.2, 0) is 15.2 Å². The molecular weight excluding hydrogens is 223 g/mol. The van der Waals surface area contributed by atoms with Crippen molar-refractivity contribution < 1.29 is 18.7 Å². The summed E-state index contributed by atoms with van der Waals surface area (Å²) in [7, 11) is 1.51. The quantitative estimate of drug-likeness (QED) is 0.759. The minimum absolute atomic E-state index is 0.154. The molecule has 0 fully saturated rings. The summed E-state index contributed by atoms with van der Waals surface area (Å²) >= 11 is 0. The number of alkyl halides is 1. The maximum absolute atomic E-state index is 14.5. The fourth-order valence-electron chi connectivity index (χ4n) is 1.72. The molecule has 94 valence electrons. The van der Waals surface area contributed by atoms with E-state index in [9.17, 15) is 9.18 Å². The first-order valence-electron chi connectivity index (χ1n) is 5.45. The second-order valence-corrected chi connectivity index (χ2v) is 3.86. The van der Waals surface area contributed by atoms with Crippen molar-refractivity contribution in [3.05, 3.63) is 29.3 Å². The van der Waals surface area contributed by atoms with E-state index in [1.54, 1.807) is 32.0 Å². The third kappa shape index (κ3) is 2.57. The van der Waals surface area contributed by atoms with Crippen LogP contribution in [0.25, 0.3) is 0 Å². The van der Waals surface area contributed by atoms with Crippen molar-refractivity contribution in [2.45, 2.75) is 26.4 Å². The second-order valence-electron chi connectivity index (χ2n) is 3.86. The van der Waals surface area contributed by atoms with E-state index in [1.807, 2.05) is 0 Å². The minimum atomic E-state index is -2.16. The summed E-state index contributed by atoms with van der Waals surface area (Å²) in [5, 5.41) is 0. The number of ether oxygens (including phenoxy) is 2. The lowest BCUT2D eigenvalue weighted by molar-refractivity contribution is -0.156. The van der Waals surface area contributed by atoms with Crippen LogP contribution in [0.2, 0.25) is 0 Å². The topological polar surface area (TPSA) is 35.5 Å². The van der Waals surface area contributed by atoms with E-state index in [4.69, 9.17) is 9.47 Å². The van der Waals surface area contributed by atoms with E-state index in [0.29, 0.717) is 11.3 Å². The third-order valence-corrected chi connectivity index (χ3v) is 2.67. The lowest BCUT2D eigenvalue weighted by Crippen LogP contribution is -2.30. The van der Waals surface area contributed by atoms with Gasteiger partial charge in [0.25, 0.3) is 0 Å². The van der Waals surface area contributed by atoms with Crippen molar-refractivity contribution in [2.24, 2.45) is 0 Å². The zero-order chi connectivity index (χ0) is 13.1. The predicted octanol–water partition coefficient (Wildman–Crippen LogP) is 2.75. The van der Waals surface area contributed by atoms with Crippen LogP contribution in [0, 0.1) is 6.92 Å². The van der Waals surface area contributed by atoms with Crippen LogP contribution >= 0.6 is 0 Å². The lowest BCUT2D eigenvalue weighted by Gasteiger charge is -2.21. The smallest absolute Gasteiger partial charge is 0.348 e. The molecule has 4 heteroatoms. The van der Waals surface area contributed by atoms with E-state index >= 15 is 0 Å². The van der Waals surface area contributed by atoms with Crippen molar-refractivity contribution >= 4 is 5.97 Å². The van der Waals surface area contributed by atoms with E-state index in [2.05, 4.69) is 0 Å². The van der Waals surface area contributed by atoms with Crippen LogP contribution < -0.4 is 4.74 Å². The summed E-state index contributed by atoms with van der Waals surface area (Å²) in [5.74, 6) is -0.327. The van der Waals surface area contributed by atoms with Gasteiger partial charge >= 0.3 is 5.97 Å². The molecule has 0 aromatic heterocycles. The molecule has 0 aliphatic rings. The number of carbonyl (C=O) groups excluding carboxylic acids is 1. The maximum Gasteiger partial charge on any atom is 0.348 e. The number of benzene rings is 1. The molecule has 0 N–H and O–H groups in total. The Morgan fingerprint density at radius 2 is 2.12 bits per heavy atom. The summed E-state index contributed by atoms with van der Waals surface area (Å²) in [4.78, 5) is 11.6. The summed E-state index contributed by atoms with van der Waals surface area (Å²) in [6, 6.07) is 4.94. The maximum atomic E-state index is 14.5. The highest BCUT2D eigenvalue weighted by Crippen LogP contribution is 2.33. The highest BCUT2D eigenvalue weighted by molar-refractivity contribution is 5.81. The zero-order valence-electron chi connectivity index (χ0n) is 10.5. The first-order valence-corrected chi connectivity index (χ1v) is 5.45. The van der Waals surface area contributed by atoms with Gasteiger partial charge in [-0.15, -0.1) is 0 Å². The molecule has 17 heavy (non-hydrogen) atoms. The molecule has 1 atom stereocenters. The Labute approximate surface area is 101 Å². The highest BCUT2D eigenvalue weighted by Gasteiger charge is 2.38. The monoisotopic (exact) mass is 240 g/mol. The average molecular weight is 240 g/mol. The van der Waals surface area contributed by atoms with Gasteiger partial charge in [0.1, 0.15) is 5.75 Å². The van der Waals surface area contributed by atoms with Crippen LogP contribution in [0.4, 0.5) is 4.39 Å². The molecule has 1 unspecified atom stereocenters. The third-order valence-electron chi connectivity index (χ3n) is 2.67. The lowest BCUT2D eigenvalue weighted by atomic mass is 9.93. The van der Waals surface area contributed by atoms with Crippen LogP contribution in [0.5, 0.6) is 5.75 Å². The van der Waals surface area contributed by atoms with Crippen molar-refractivity contribution in [2.75, 3.05) is 13.7 Å². The van der Waals surface area contributed by atoms with Gasteiger partial charge in [0, 0.05) is 5.56 Å². The van der Waals surface area contributed by atoms with Gasteiger partial charge in [-0.25, -0.2) is 9.18 Å². The van der Waals surface area contributed by atoms with Crippen LogP contribution in [0.15, 0.2) is 18.2 Å². The Morgan fingerprint density at radius 3 is 2.65 bits per heavy atom. The van der Waals surface area contributed by atoms with Crippen molar-refractivity contribution in [1.82, 2.24) is 0 Å². The Kier molecular flexibility index (Phi) is 4.10. The molecule has 3 nitrogen and oxygen atoms in total. The van der Waals surface area contributed by atoms with Gasteiger partial charge in [-0.2, -0.15) is 0 Å². The molecule has 0 spiro atoms. The van der Waals surface area contributed by atoms with E-state index in [0.717, 1.165) is 0 Å². The minimum Gasteiger partial charge on any atom is -0.496 e. The Hall–Kier alpha value is -1.58. The van der Waals surface area contributed by atoms with E-state index < -0.39 is 11.6 Å². The molecule has 1 rings (SSSR count). The SMILES string of the molecule is CCOC(=O)C(C)(F)c1cccc(OC)c1C. The highest BCUT2D eigenvalue weighted by atomic mass is 19.1. The molecule has 0 saturated carbocycles. The van der Waals surface area contributed by atoms with Crippen LogP contribution in [0.1, 0.15) is 25.0 Å². The van der Waals surface area contributed by atoms with Gasteiger partial charge in [0.05, 0.1) is 13.7 Å². The fourth-order valence-corrected chi connectivity index (χ4v) is 1.72. The molecule has 0 aliphatic heterocycles. The van der Waals surface area contributed by atoms with Crippen LogP contribution in [-0.4, -0.2) is 19.7 Å². The van der Waals surface area contributed by atoms with Crippen molar-refractivity contribution in [3.63, 3.8) is 0 Å². The van der Waals surface area contributed by atoms with Gasteiger partial charge in [0.2, 0.25) is 5.67 Å². The molecule has 0 radical (unpaired) electrons. The normalized spacial score (nSPS) is 13.9. The molecular formula is C13H17FO3. The Morgan fingerprint density at radius 1 is 1.47 bits per heavy atom. The summed E-state index contributed by atoms with van der Waals surface area (Å²) in [6.45, 7) is 4.71. The molecule has 1 aromatic carbocycles. The Balaban J connectivity index is 3.19. The van der Waals surface area contributed by atoms with Gasteiger partial charge in [-0.05, 0) is 32.4 Å².